The average Bonchev–Trinajstić information content (AvgIpc) is 2.87. The van der Waals surface area contributed by atoms with E-state index in [2.05, 4.69) is 0 Å². The quantitative estimate of drug-likeness (QED) is 0.305. The summed E-state index contributed by atoms with van der Waals surface area (Å²) in [6.45, 7) is 2.79. The molecule has 0 spiro atoms. The van der Waals surface area contributed by atoms with E-state index in [9.17, 15) is 34.8 Å². The second-order valence-corrected chi connectivity index (χ2v) is 10.1. The summed E-state index contributed by atoms with van der Waals surface area (Å²) in [4.78, 5) is 39.6. The first kappa shape index (κ1) is 26.3. The molecule has 2 aromatic carbocycles. The van der Waals surface area contributed by atoms with Crippen molar-refractivity contribution in [2.24, 2.45) is 5.73 Å². The van der Waals surface area contributed by atoms with Crippen molar-refractivity contribution in [1.29, 1.82) is 0 Å². The number of rotatable bonds is 4. The number of aromatic hydroxyl groups is 2. The third kappa shape index (κ3) is 3.81. The van der Waals surface area contributed by atoms with E-state index in [4.69, 9.17) is 19.9 Å². The lowest BCUT2D eigenvalue weighted by Crippen LogP contribution is -2.52. The predicted octanol–water partition coefficient (Wildman–Crippen LogP) is 1.03. The first-order valence-electron chi connectivity index (χ1n) is 12.2. The Labute approximate surface area is 217 Å². The Balaban J connectivity index is 1.68. The van der Waals surface area contributed by atoms with Crippen LogP contribution in [0.25, 0.3) is 0 Å². The molecule has 0 bridgehead atoms. The van der Waals surface area contributed by atoms with Gasteiger partial charge in [0.05, 0.1) is 42.1 Å². The van der Waals surface area contributed by atoms with Crippen LogP contribution < -0.4 is 10.5 Å². The number of ketones is 3. The number of benzene rings is 2. The molecular formula is C27H29NO10. The Morgan fingerprint density at radius 2 is 1.82 bits per heavy atom. The molecule has 11 heteroatoms. The van der Waals surface area contributed by atoms with Crippen LogP contribution in [0.3, 0.4) is 0 Å². The number of carbonyl (C=O) groups is 3. The van der Waals surface area contributed by atoms with Crippen LogP contribution in [0.15, 0.2) is 18.2 Å². The smallest absolute Gasteiger partial charge is 0.202 e. The van der Waals surface area contributed by atoms with Crippen LogP contribution >= 0.6 is 0 Å². The average molecular weight is 528 g/mol. The zero-order valence-corrected chi connectivity index (χ0v) is 21.1. The molecular weight excluding hydrogens is 498 g/mol. The number of hydrogen-bond donors (Lipinski definition) is 5. The Hall–Kier alpha value is -3.35. The van der Waals surface area contributed by atoms with E-state index < -0.39 is 82.6 Å². The van der Waals surface area contributed by atoms with E-state index in [1.165, 1.54) is 32.2 Å². The van der Waals surface area contributed by atoms with Gasteiger partial charge in [-0.05, 0) is 19.9 Å². The molecule has 202 valence electrons. The molecule has 1 saturated heterocycles. The van der Waals surface area contributed by atoms with Gasteiger partial charge in [0.15, 0.2) is 17.9 Å². The van der Waals surface area contributed by atoms with Gasteiger partial charge in [0.2, 0.25) is 5.78 Å². The fraction of sp³-hybridized carbons (Fsp3) is 0.444. The zero-order chi connectivity index (χ0) is 27.7. The topological polar surface area (TPSA) is 186 Å². The Kier molecular flexibility index (Phi) is 6.32. The maximum absolute atomic E-state index is 13.6. The lowest BCUT2D eigenvalue weighted by atomic mass is 9.72. The third-order valence-corrected chi connectivity index (χ3v) is 7.80. The molecule has 0 radical (unpaired) electrons. The summed E-state index contributed by atoms with van der Waals surface area (Å²) in [6.07, 6.45) is -4.53. The predicted molar refractivity (Wildman–Crippen MR) is 130 cm³/mol. The molecule has 11 nitrogen and oxygen atoms in total. The number of nitrogens with two attached hydrogens (primary N) is 1. The third-order valence-electron chi connectivity index (χ3n) is 7.80. The number of methoxy groups -OCH3 is 1. The van der Waals surface area contributed by atoms with Gasteiger partial charge in [-0.1, -0.05) is 12.1 Å². The fourth-order valence-electron chi connectivity index (χ4n) is 5.66. The molecule has 38 heavy (non-hydrogen) atoms. The molecule has 0 amide bonds. The highest BCUT2D eigenvalue weighted by atomic mass is 16.7. The normalized spacial score (nSPS) is 30.3. The Bertz CT molecular complexity index is 1360. The van der Waals surface area contributed by atoms with Crippen LogP contribution in [0.2, 0.25) is 0 Å². The first-order valence-corrected chi connectivity index (χ1v) is 12.2. The highest BCUT2D eigenvalue weighted by Crippen LogP contribution is 2.52. The van der Waals surface area contributed by atoms with Crippen molar-refractivity contribution < 1.29 is 49.0 Å². The molecule has 5 rings (SSSR count). The van der Waals surface area contributed by atoms with Gasteiger partial charge in [0.25, 0.3) is 0 Å². The monoisotopic (exact) mass is 527 g/mol. The summed E-state index contributed by atoms with van der Waals surface area (Å²) >= 11 is 0. The molecule has 1 fully saturated rings. The Morgan fingerprint density at radius 3 is 2.45 bits per heavy atom. The number of phenols is 2. The van der Waals surface area contributed by atoms with E-state index in [0.717, 1.165) is 0 Å². The van der Waals surface area contributed by atoms with Crippen molar-refractivity contribution in [3.05, 3.63) is 51.6 Å². The van der Waals surface area contributed by atoms with Crippen LogP contribution in [0.1, 0.15) is 75.8 Å². The minimum Gasteiger partial charge on any atom is -0.507 e. The van der Waals surface area contributed by atoms with Crippen molar-refractivity contribution in [2.45, 2.75) is 69.4 Å². The van der Waals surface area contributed by atoms with Crippen molar-refractivity contribution >= 4 is 17.3 Å². The van der Waals surface area contributed by atoms with Crippen LogP contribution in [0, 0.1) is 0 Å². The lowest BCUT2D eigenvalue weighted by Gasteiger charge is -2.42. The van der Waals surface area contributed by atoms with Gasteiger partial charge in [0.1, 0.15) is 22.8 Å². The number of ether oxygens (including phenoxy) is 3. The number of fused-ring (bicyclic) bond motifs is 3. The standard InChI is InChI=1S/C27H29NO10/c1-10-22(30)14(28)7-17(37-10)38-16-9-27(35,11(2)29)8-13-19(16)26(34)21-20(24(13)32)23(31)12-5-4-6-15(36-3)18(12)25(21)33/h4-6,10,14,16-17,22,30,32,34-35H,7-9,28H2,1-3H3/t10?,14-,16+,17+,22-,27+/m1/s1. The van der Waals surface area contributed by atoms with E-state index >= 15 is 0 Å². The zero-order valence-electron chi connectivity index (χ0n) is 21.1. The maximum atomic E-state index is 13.6. The van der Waals surface area contributed by atoms with Crippen molar-refractivity contribution in [2.75, 3.05) is 7.11 Å². The maximum Gasteiger partial charge on any atom is 0.202 e. The highest BCUT2D eigenvalue weighted by molar-refractivity contribution is 6.31. The van der Waals surface area contributed by atoms with Gasteiger partial charge in [0, 0.05) is 42.0 Å². The minimum absolute atomic E-state index is 0.0147. The van der Waals surface area contributed by atoms with Gasteiger partial charge < -0.3 is 40.4 Å². The first-order chi connectivity index (χ1) is 17.9. The minimum atomic E-state index is -2.00. The summed E-state index contributed by atoms with van der Waals surface area (Å²) in [6, 6.07) is 3.75. The second kappa shape index (κ2) is 9.14. The molecule has 6 atom stereocenters. The molecule has 0 saturated carbocycles. The molecule has 1 aliphatic heterocycles. The summed E-state index contributed by atoms with van der Waals surface area (Å²) in [7, 11) is 1.34. The van der Waals surface area contributed by atoms with E-state index in [0.29, 0.717) is 0 Å². The molecule has 6 N–H and O–H groups in total. The molecule has 2 aromatic rings. The lowest BCUT2D eigenvalue weighted by molar-refractivity contribution is -0.247. The van der Waals surface area contributed by atoms with E-state index in [1.54, 1.807) is 6.92 Å². The number of phenolic OH excluding ortho intramolecular Hbond substituents is 2. The van der Waals surface area contributed by atoms with Crippen LogP contribution in [0.4, 0.5) is 0 Å². The van der Waals surface area contributed by atoms with Crippen molar-refractivity contribution in [3.8, 4) is 17.2 Å². The summed E-state index contributed by atoms with van der Waals surface area (Å²) in [5.41, 5.74) is 2.97. The van der Waals surface area contributed by atoms with Gasteiger partial charge in [-0.25, -0.2) is 0 Å². The van der Waals surface area contributed by atoms with E-state index in [1.807, 2.05) is 0 Å². The van der Waals surface area contributed by atoms with Gasteiger partial charge in [-0.3, -0.25) is 14.4 Å². The number of carbonyl (C=O) groups excluding carboxylic acids is 3. The summed E-state index contributed by atoms with van der Waals surface area (Å²) in [5, 5.41) is 44.1. The molecule has 2 aliphatic carbocycles. The summed E-state index contributed by atoms with van der Waals surface area (Å²) < 4.78 is 17.1. The van der Waals surface area contributed by atoms with Gasteiger partial charge in [-0.15, -0.1) is 0 Å². The number of Topliss-reactive ketones (excluding diaryl/α,β-unsaturated/α-hetero) is 1. The number of hydrogen-bond acceptors (Lipinski definition) is 11. The van der Waals surface area contributed by atoms with Crippen molar-refractivity contribution in [1.82, 2.24) is 0 Å². The SMILES string of the molecule is COc1cccc2c1C(=O)c1c(O)c3c(c(O)c1C2=O)C[C@@](O)(C(C)=O)C[C@@H]3O[C@H]1C[C@@H](N)[C@H](O)C(C)O1. The Morgan fingerprint density at radius 1 is 1.13 bits per heavy atom. The van der Waals surface area contributed by atoms with Crippen molar-refractivity contribution in [3.63, 3.8) is 0 Å². The van der Waals surface area contributed by atoms with E-state index in [-0.39, 0.29) is 40.8 Å². The fourth-order valence-corrected chi connectivity index (χ4v) is 5.66. The van der Waals surface area contributed by atoms with Crippen LogP contribution in [0.5, 0.6) is 17.2 Å². The van der Waals surface area contributed by atoms with Crippen LogP contribution in [-0.4, -0.2) is 75.0 Å². The van der Waals surface area contributed by atoms with Crippen LogP contribution in [-0.2, 0) is 20.7 Å². The highest BCUT2D eigenvalue weighted by Gasteiger charge is 2.49. The second-order valence-electron chi connectivity index (χ2n) is 10.1. The number of aliphatic hydroxyl groups is 2. The molecule has 1 unspecified atom stereocenters. The molecule has 3 aliphatic rings. The largest absolute Gasteiger partial charge is 0.507 e. The summed E-state index contributed by atoms with van der Waals surface area (Å²) in [5.74, 6) is -3.18. The molecule has 0 aromatic heterocycles. The van der Waals surface area contributed by atoms with Gasteiger partial charge >= 0.3 is 0 Å². The number of aliphatic hydroxyl groups excluding tert-OH is 1. The van der Waals surface area contributed by atoms with Gasteiger partial charge in [-0.2, -0.15) is 0 Å². The molecule has 1 heterocycles.